The van der Waals surface area contributed by atoms with Gasteiger partial charge in [0, 0.05) is 0 Å². The molecule has 0 aliphatic heterocycles. The Labute approximate surface area is 89.5 Å². The van der Waals surface area contributed by atoms with Crippen LogP contribution < -0.4 is 0 Å². The molecule has 0 saturated heterocycles. The molecule has 0 aliphatic carbocycles. The zero-order valence-electron chi connectivity index (χ0n) is 6.66. The van der Waals surface area contributed by atoms with Gasteiger partial charge in [0.1, 0.15) is 32.5 Å². The van der Waals surface area contributed by atoms with E-state index in [1.54, 1.807) is 0 Å². The third kappa shape index (κ3) is 5.67. The van der Waals surface area contributed by atoms with Crippen molar-refractivity contribution >= 4 is 40.3 Å². The van der Waals surface area contributed by atoms with Gasteiger partial charge in [0.2, 0.25) is 0 Å². The van der Waals surface area contributed by atoms with Gasteiger partial charge in [0.15, 0.2) is 0 Å². The largest absolute Gasteiger partial charge is 0.497 e. The van der Waals surface area contributed by atoms with Crippen LogP contribution in [-0.4, -0.2) is 6.61 Å². The molecule has 0 bridgehead atoms. The van der Waals surface area contributed by atoms with Crippen molar-refractivity contribution in [2.45, 2.75) is 26.2 Å². The van der Waals surface area contributed by atoms with Crippen LogP contribution in [0.25, 0.3) is 0 Å². The number of rotatable bonds is 7. The fourth-order valence-corrected chi connectivity index (χ4v) is 2.36. The monoisotopic (exact) mass is 324 g/mol. The van der Waals surface area contributed by atoms with E-state index < -0.39 is 7.82 Å². The highest BCUT2D eigenvalue weighted by Gasteiger charge is 2.24. The van der Waals surface area contributed by atoms with Gasteiger partial charge in [-0.15, -0.1) is 0 Å². The highest BCUT2D eigenvalue weighted by atomic mass is 79.9. The minimum atomic E-state index is -3.39. The molecule has 12 heavy (non-hydrogen) atoms. The molecule has 0 fully saturated rings. The van der Waals surface area contributed by atoms with Gasteiger partial charge < -0.3 is 0 Å². The number of halogens is 2. The third-order valence-electron chi connectivity index (χ3n) is 1.17. The standard InChI is InChI=1S/C5H11Br2O4P/c1-2-3-4-5-9-12(8,10-6)11-7/h2-5H2,1H3. The topological polar surface area (TPSA) is 44.8 Å². The van der Waals surface area contributed by atoms with Crippen molar-refractivity contribution in [2.75, 3.05) is 6.61 Å². The zero-order valence-corrected chi connectivity index (χ0v) is 10.7. The first-order chi connectivity index (χ1) is 5.68. The molecule has 0 aromatic carbocycles. The van der Waals surface area contributed by atoms with E-state index in [1.807, 2.05) is 0 Å². The molecule has 0 heterocycles. The Morgan fingerprint density at radius 1 is 1.25 bits per heavy atom. The van der Waals surface area contributed by atoms with E-state index in [0.717, 1.165) is 19.3 Å². The maximum absolute atomic E-state index is 11.2. The zero-order chi connectivity index (χ0) is 9.45. The molecule has 0 radical (unpaired) electrons. The molecule has 0 aromatic heterocycles. The van der Waals surface area contributed by atoms with Crippen molar-refractivity contribution < 1.29 is 16.3 Å². The molecule has 0 unspecified atom stereocenters. The molecule has 0 atom stereocenters. The van der Waals surface area contributed by atoms with Crippen LogP contribution in [0.3, 0.4) is 0 Å². The Morgan fingerprint density at radius 2 is 1.83 bits per heavy atom. The molecular weight excluding hydrogens is 315 g/mol. The van der Waals surface area contributed by atoms with Crippen LogP contribution in [0.15, 0.2) is 0 Å². The molecule has 0 amide bonds. The van der Waals surface area contributed by atoms with Gasteiger partial charge in [-0.3, -0.25) is 4.52 Å². The van der Waals surface area contributed by atoms with Crippen LogP contribution >= 0.6 is 40.3 Å². The number of unbranched alkanes of at least 4 members (excludes halogenated alkanes) is 2. The highest BCUT2D eigenvalue weighted by molar-refractivity contribution is 9.07. The van der Waals surface area contributed by atoms with Crippen molar-refractivity contribution in [1.29, 1.82) is 0 Å². The van der Waals surface area contributed by atoms with Crippen LogP contribution in [-0.2, 0) is 16.3 Å². The lowest BCUT2D eigenvalue weighted by atomic mass is 10.3. The molecular formula is C5H11Br2O4P. The van der Waals surface area contributed by atoms with Crippen LogP contribution in [0.2, 0.25) is 0 Å². The molecule has 0 N–H and O–H groups in total. The van der Waals surface area contributed by atoms with Crippen LogP contribution in [0.1, 0.15) is 26.2 Å². The summed E-state index contributed by atoms with van der Waals surface area (Å²) in [6.45, 7) is 2.43. The predicted octanol–water partition coefficient (Wildman–Crippen LogP) is 3.95. The molecule has 0 spiro atoms. The maximum Gasteiger partial charge on any atom is 0.497 e. The fourth-order valence-electron chi connectivity index (χ4n) is 0.579. The molecule has 0 aliphatic rings. The Morgan fingerprint density at radius 3 is 2.25 bits per heavy atom. The fraction of sp³-hybridized carbons (Fsp3) is 1.00. The van der Waals surface area contributed by atoms with E-state index in [4.69, 9.17) is 4.52 Å². The SMILES string of the molecule is CCCCCOP(=O)(OBr)OBr. The van der Waals surface area contributed by atoms with E-state index in [2.05, 4.69) is 46.7 Å². The summed E-state index contributed by atoms with van der Waals surface area (Å²) in [5.74, 6) is 0. The van der Waals surface area contributed by atoms with E-state index >= 15 is 0 Å². The smallest absolute Gasteiger partial charge is 0.286 e. The van der Waals surface area contributed by atoms with E-state index in [1.165, 1.54) is 0 Å². The van der Waals surface area contributed by atoms with Gasteiger partial charge in [-0.25, -0.2) is 11.8 Å². The van der Waals surface area contributed by atoms with Crippen LogP contribution in [0.4, 0.5) is 0 Å². The Hall–Kier alpha value is 1.07. The molecule has 4 nitrogen and oxygen atoms in total. The second kappa shape index (κ2) is 7.47. The third-order valence-corrected chi connectivity index (χ3v) is 4.13. The summed E-state index contributed by atoms with van der Waals surface area (Å²) >= 11 is 5.12. The molecule has 0 aromatic rings. The first-order valence-electron chi connectivity index (χ1n) is 3.53. The van der Waals surface area contributed by atoms with Crippen LogP contribution in [0, 0.1) is 0 Å². The van der Waals surface area contributed by atoms with Crippen molar-refractivity contribution in [1.82, 2.24) is 0 Å². The minimum Gasteiger partial charge on any atom is -0.286 e. The first-order valence-corrected chi connectivity index (χ1v) is 6.29. The van der Waals surface area contributed by atoms with Crippen molar-refractivity contribution in [3.8, 4) is 0 Å². The van der Waals surface area contributed by atoms with Gasteiger partial charge in [0.05, 0.1) is 6.61 Å². The Bertz CT molecular complexity index is 146. The molecule has 0 rings (SSSR count). The van der Waals surface area contributed by atoms with E-state index in [0.29, 0.717) is 6.61 Å². The van der Waals surface area contributed by atoms with Crippen LogP contribution in [0.5, 0.6) is 0 Å². The molecule has 7 heteroatoms. The molecule has 0 saturated carbocycles. The Kier molecular flexibility index (Phi) is 8.14. The summed E-state index contributed by atoms with van der Waals surface area (Å²) in [5, 5.41) is 0. The quantitative estimate of drug-likeness (QED) is 0.525. The van der Waals surface area contributed by atoms with Crippen molar-refractivity contribution in [3.05, 3.63) is 0 Å². The second-order valence-corrected chi connectivity index (χ2v) is 5.29. The summed E-state index contributed by atoms with van der Waals surface area (Å²) in [4.78, 5) is 0. The lowest BCUT2D eigenvalue weighted by molar-refractivity contribution is 0.228. The number of phosphoric acid groups is 1. The summed E-state index contributed by atoms with van der Waals surface area (Å²) in [6.07, 6.45) is 2.95. The van der Waals surface area contributed by atoms with Gasteiger partial charge in [0.25, 0.3) is 0 Å². The Balaban J connectivity index is 3.52. The van der Waals surface area contributed by atoms with Gasteiger partial charge in [-0.2, -0.15) is 0 Å². The summed E-state index contributed by atoms with van der Waals surface area (Å²) < 4.78 is 24.7. The average molecular weight is 326 g/mol. The van der Waals surface area contributed by atoms with Gasteiger partial charge in [-0.05, 0) is 6.42 Å². The van der Waals surface area contributed by atoms with Crippen molar-refractivity contribution in [2.24, 2.45) is 0 Å². The normalized spacial score (nSPS) is 11.9. The predicted molar refractivity (Wildman–Crippen MR) is 53.1 cm³/mol. The van der Waals surface area contributed by atoms with E-state index in [9.17, 15) is 4.57 Å². The van der Waals surface area contributed by atoms with E-state index in [-0.39, 0.29) is 0 Å². The highest BCUT2D eigenvalue weighted by Crippen LogP contribution is 2.53. The lowest BCUT2D eigenvalue weighted by Gasteiger charge is -2.09. The summed E-state index contributed by atoms with van der Waals surface area (Å²) in [5.41, 5.74) is 0. The maximum atomic E-state index is 11.2. The second-order valence-electron chi connectivity index (χ2n) is 2.13. The van der Waals surface area contributed by atoms with Crippen molar-refractivity contribution in [3.63, 3.8) is 0 Å². The molecule has 74 valence electrons. The lowest BCUT2D eigenvalue weighted by Crippen LogP contribution is -1.92. The average Bonchev–Trinajstić information content (AvgIpc) is 2.12. The summed E-state index contributed by atoms with van der Waals surface area (Å²) in [6, 6.07) is 0. The minimum absolute atomic E-state index is 0.363. The first kappa shape index (κ1) is 13.1. The van der Waals surface area contributed by atoms with Gasteiger partial charge in [-0.1, -0.05) is 19.8 Å². The van der Waals surface area contributed by atoms with Gasteiger partial charge >= 0.3 is 7.82 Å². The number of hydrogen-bond donors (Lipinski definition) is 0. The summed E-state index contributed by atoms with van der Waals surface area (Å²) in [7, 11) is -3.39. The number of hydrogen-bond acceptors (Lipinski definition) is 4.